The molecule has 4 aromatic rings. The van der Waals surface area contributed by atoms with Gasteiger partial charge in [-0.15, -0.1) is 0 Å². The van der Waals surface area contributed by atoms with Crippen LogP contribution in [0.25, 0.3) is 33.4 Å². The summed E-state index contributed by atoms with van der Waals surface area (Å²) in [5, 5.41) is 0.635. The van der Waals surface area contributed by atoms with Gasteiger partial charge in [0.25, 0.3) is 0 Å². The smallest absolute Gasteiger partial charge is 0.346 e. The molecule has 0 saturated carbocycles. The lowest BCUT2D eigenvalue weighted by molar-refractivity contribution is 0.0524. The lowest BCUT2D eigenvalue weighted by atomic mass is 10.0. The number of hydrogen-bond acceptors (Lipinski definition) is 4. The number of carbonyl (C=O) groups is 1. The number of rotatable bonds is 4. The number of ether oxygens (including phenoxy) is 1. The van der Waals surface area contributed by atoms with Crippen LogP contribution >= 0.6 is 11.6 Å². The second kappa shape index (κ2) is 7.94. The van der Waals surface area contributed by atoms with Crippen LogP contribution in [0.1, 0.15) is 17.3 Å². The van der Waals surface area contributed by atoms with Crippen molar-refractivity contribution in [2.24, 2.45) is 0 Å². The highest BCUT2D eigenvalue weighted by molar-refractivity contribution is 6.34. The summed E-state index contributed by atoms with van der Waals surface area (Å²) in [5.74, 6) is -0.534. The van der Waals surface area contributed by atoms with Gasteiger partial charge in [0.15, 0.2) is 11.3 Å². The Balaban J connectivity index is 2.04. The SMILES string of the molecule is CCOC(=O)c1c(-c2ccccc2)oc2cc(-c3ccccc3)c(Cl)cc2c1=O. The maximum absolute atomic E-state index is 13.2. The van der Waals surface area contributed by atoms with Gasteiger partial charge in [0, 0.05) is 16.1 Å². The molecule has 0 saturated heterocycles. The Hall–Kier alpha value is -3.37. The van der Waals surface area contributed by atoms with Crippen LogP contribution in [0.5, 0.6) is 0 Å². The molecule has 0 aliphatic carbocycles. The van der Waals surface area contributed by atoms with E-state index in [0.717, 1.165) is 11.1 Å². The van der Waals surface area contributed by atoms with Crippen LogP contribution in [-0.2, 0) is 4.74 Å². The predicted octanol–water partition coefficient (Wildman–Crippen LogP) is 5.96. The van der Waals surface area contributed by atoms with Crippen molar-refractivity contribution in [1.82, 2.24) is 0 Å². The van der Waals surface area contributed by atoms with Crippen molar-refractivity contribution in [3.63, 3.8) is 0 Å². The lowest BCUT2D eigenvalue weighted by Gasteiger charge is -2.11. The van der Waals surface area contributed by atoms with Gasteiger partial charge in [-0.3, -0.25) is 4.79 Å². The van der Waals surface area contributed by atoms with E-state index in [-0.39, 0.29) is 23.3 Å². The van der Waals surface area contributed by atoms with Gasteiger partial charge in [-0.2, -0.15) is 0 Å². The Kier molecular flexibility index (Phi) is 5.19. The third kappa shape index (κ3) is 3.55. The summed E-state index contributed by atoms with van der Waals surface area (Å²) in [4.78, 5) is 25.8. The molecule has 0 aliphatic heterocycles. The molecule has 29 heavy (non-hydrogen) atoms. The zero-order chi connectivity index (χ0) is 20.4. The van der Waals surface area contributed by atoms with Crippen LogP contribution in [0.3, 0.4) is 0 Å². The van der Waals surface area contributed by atoms with Gasteiger partial charge in [0.2, 0.25) is 5.43 Å². The maximum atomic E-state index is 13.2. The molecule has 1 aromatic heterocycles. The molecule has 0 bridgehead atoms. The highest BCUT2D eigenvalue weighted by Crippen LogP contribution is 2.34. The number of hydrogen-bond donors (Lipinski definition) is 0. The largest absolute Gasteiger partial charge is 0.462 e. The molecular weight excluding hydrogens is 388 g/mol. The quantitative estimate of drug-likeness (QED) is 0.394. The standard InChI is InChI=1S/C24H17ClO4/c1-2-28-24(27)21-22(26)18-13-19(25)17(15-9-5-3-6-10-15)14-20(18)29-23(21)16-11-7-4-8-12-16/h3-14H,2H2,1H3. The van der Waals surface area contributed by atoms with Gasteiger partial charge in [-0.1, -0.05) is 72.3 Å². The van der Waals surface area contributed by atoms with E-state index in [1.807, 2.05) is 48.5 Å². The van der Waals surface area contributed by atoms with E-state index in [1.165, 1.54) is 0 Å². The van der Waals surface area contributed by atoms with Gasteiger partial charge in [-0.25, -0.2) is 4.79 Å². The minimum atomic E-state index is -0.717. The molecule has 4 nitrogen and oxygen atoms in total. The molecular formula is C24H17ClO4. The molecule has 0 fully saturated rings. The molecule has 0 aliphatic rings. The highest BCUT2D eigenvalue weighted by Gasteiger charge is 2.24. The van der Waals surface area contributed by atoms with E-state index in [1.54, 1.807) is 31.2 Å². The molecule has 1 heterocycles. The monoisotopic (exact) mass is 404 g/mol. The molecule has 0 N–H and O–H groups in total. The summed E-state index contributed by atoms with van der Waals surface area (Å²) in [6, 6.07) is 21.9. The molecule has 0 radical (unpaired) electrons. The molecule has 4 rings (SSSR count). The van der Waals surface area contributed by atoms with Crippen LogP contribution in [0.2, 0.25) is 5.02 Å². The van der Waals surface area contributed by atoms with Crippen molar-refractivity contribution in [3.05, 3.63) is 93.6 Å². The van der Waals surface area contributed by atoms with Gasteiger partial charge in [-0.05, 0) is 24.6 Å². The van der Waals surface area contributed by atoms with Gasteiger partial charge in [0.05, 0.1) is 12.0 Å². The third-order valence-electron chi connectivity index (χ3n) is 4.58. The Bertz CT molecular complexity index is 1240. The zero-order valence-electron chi connectivity index (χ0n) is 15.6. The predicted molar refractivity (Wildman–Crippen MR) is 114 cm³/mol. The number of benzene rings is 3. The topological polar surface area (TPSA) is 56.5 Å². The summed E-state index contributed by atoms with van der Waals surface area (Å²) in [7, 11) is 0. The van der Waals surface area contributed by atoms with Crippen molar-refractivity contribution in [1.29, 1.82) is 0 Å². The third-order valence-corrected chi connectivity index (χ3v) is 4.89. The van der Waals surface area contributed by atoms with Crippen LogP contribution in [0, 0.1) is 0 Å². The first kappa shape index (κ1) is 19.0. The summed E-state index contributed by atoms with van der Waals surface area (Å²) in [6.45, 7) is 1.84. The van der Waals surface area contributed by atoms with E-state index in [2.05, 4.69) is 0 Å². The highest BCUT2D eigenvalue weighted by atomic mass is 35.5. The van der Waals surface area contributed by atoms with Gasteiger partial charge >= 0.3 is 5.97 Å². The van der Waals surface area contributed by atoms with Crippen LogP contribution in [0.15, 0.2) is 82.0 Å². The number of esters is 1. The molecule has 0 spiro atoms. The number of halogens is 1. The summed E-state index contributed by atoms with van der Waals surface area (Å²) >= 11 is 6.46. The van der Waals surface area contributed by atoms with E-state index in [0.29, 0.717) is 16.2 Å². The zero-order valence-corrected chi connectivity index (χ0v) is 16.4. The average molecular weight is 405 g/mol. The van der Waals surface area contributed by atoms with Crippen molar-refractivity contribution in [2.75, 3.05) is 6.61 Å². The summed E-state index contributed by atoms with van der Waals surface area (Å²) in [5.41, 5.74) is 2.01. The fourth-order valence-electron chi connectivity index (χ4n) is 3.23. The average Bonchev–Trinajstić information content (AvgIpc) is 2.75. The van der Waals surface area contributed by atoms with Crippen LogP contribution in [-0.4, -0.2) is 12.6 Å². The molecule has 144 valence electrons. The first-order chi connectivity index (χ1) is 14.1. The minimum absolute atomic E-state index is 0.130. The van der Waals surface area contributed by atoms with Crippen LogP contribution < -0.4 is 5.43 Å². The van der Waals surface area contributed by atoms with Crippen molar-refractivity contribution < 1.29 is 13.9 Å². The van der Waals surface area contributed by atoms with Gasteiger partial charge in [0.1, 0.15) is 5.58 Å². The van der Waals surface area contributed by atoms with E-state index >= 15 is 0 Å². The fourth-order valence-corrected chi connectivity index (χ4v) is 3.51. The molecule has 0 unspecified atom stereocenters. The molecule has 0 amide bonds. The molecule has 3 aromatic carbocycles. The van der Waals surface area contributed by atoms with E-state index in [4.69, 9.17) is 20.8 Å². The fraction of sp³-hybridized carbons (Fsp3) is 0.0833. The first-order valence-corrected chi connectivity index (χ1v) is 9.56. The Morgan fingerprint density at radius 1 is 0.966 bits per heavy atom. The Morgan fingerprint density at radius 3 is 2.21 bits per heavy atom. The minimum Gasteiger partial charge on any atom is -0.462 e. The molecule has 0 atom stereocenters. The van der Waals surface area contributed by atoms with E-state index < -0.39 is 11.4 Å². The first-order valence-electron chi connectivity index (χ1n) is 9.18. The number of carbonyl (C=O) groups excluding carboxylic acids is 1. The second-order valence-corrected chi connectivity index (χ2v) is 6.82. The number of fused-ring (bicyclic) bond motifs is 1. The summed E-state index contributed by atoms with van der Waals surface area (Å²) < 4.78 is 11.2. The molecule has 5 heteroatoms. The van der Waals surface area contributed by atoms with Gasteiger partial charge < -0.3 is 9.15 Å². The van der Waals surface area contributed by atoms with Crippen LogP contribution in [0.4, 0.5) is 0 Å². The maximum Gasteiger partial charge on any atom is 0.346 e. The van der Waals surface area contributed by atoms with E-state index in [9.17, 15) is 9.59 Å². The second-order valence-electron chi connectivity index (χ2n) is 6.42. The normalized spacial score (nSPS) is 10.8. The Morgan fingerprint density at radius 2 is 1.59 bits per heavy atom. The Labute approximate surface area is 172 Å². The lowest BCUT2D eigenvalue weighted by Crippen LogP contribution is -2.19. The van der Waals surface area contributed by atoms with Crippen molar-refractivity contribution in [3.8, 4) is 22.5 Å². The van der Waals surface area contributed by atoms with Crippen molar-refractivity contribution >= 4 is 28.5 Å². The van der Waals surface area contributed by atoms with Crippen molar-refractivity contribution in [2.45, 2.75) is 6.92 Å². The summed E-state index contributed by atoms with van der Waals surface area (Å²) in [6.07, 6.45) is 0.